The molecule has 0 amide bonds. The minimum atomic E-state index is -3.75. The van der Waals surface area contributed by atoms with Crippen LogP contribution >= 0.6 is 15.9 Å². The molecule has 0 radical (unpaired) electrons. The topological polar surface area (TPSA) is 57.6 Å². The van der Waals surface area contributed by atoms with Crippen LogP contribution in [-0.4, -0.2) is 37.5 Å². The maximum absolute atomic E-state index is 13.1. The average molecular weight is 340 g/mol. The van der Waals surface area contributed by atoms with E-state index in [2.05, 4.69) is 15.9 Å². The minimum Gasteiger partial charge on any atom is -0.393 e. The van der Waals surface area contributed by atoms with Crippen molar-refractivity contribution in [2.45, 2.75) is 24.3 Å². The van der Waals surface area contributed by atoms with Gasteiger partial charge in [0.1, 0.15) is 5.82 Å². The molecule has 0 saturated carbocycles. The molecule has 0 heterocycles. The van der Waals surface area contributed by atoms with Crippen LogP contribution in [0.25, 0.3) is 0 Å². The Bertz CT molecular complexity index is 519. The predicted molar refractivity (Wildman–Crippen MR) is 70.2 cm³/mol. The van der Waals surface area contributed by atoms with Crippen molar-refractivity contribution in [2.75, 3.05) is 13.6 Å². The highest BCUT2D eigenvalue weighted by Gasteiger charge is 2.23. The molecule has 4 nitrogen and oxygen atoms in total. The Kier molecular flexibility index (Phi) is 5.27. The molecule has 0 saturated heterocycles. The van der Waals surface area contributed by atoms with Crippen molar-refractivity contribution in [3.05, 3.63) is 28.5 Å². The summed E-state index contributed by atoms with van der Waals surface area (Å²) in [5, 5.41) is 9.15. The number of halogens is 2. The second kappa shape index (κ2) is 6.10. The summed E-state index contributed by atoms with van der Waals surface area (Å²) in [4.78, 5) is -0.115. The Morgan fingerprint density at radius 2 is 2.11 bits per heavy atom. The van der Waals surface area contributed by atoms with Gasteiger partial charge in [-0.15, -0.1) is 0 Å². The van der Waals surface area contributed by atoms with Crippen LogP contribution in [0.2, 0.25) is 0 Å². The normalized spacial score (nSPS) is 13.9. The molecule has 0 aliphatic carbocycles. The lowest BCUT2D eigenvalue weighted by molar-refractivity contribution is 0.177. The van der Waals surface area contributed by atoms with E-state index in [4.69, 9.17) is 5.11 Å². The number of rotatable bonds is 5. The van der Waals surface area contributed by atoms with E-state index >= 15 is 0 Å². The number of benzene rings is 1. The first-order valence-corrected chi connectivity index (χ1v) is 7.58. The van der Waals surface area contributed by atoms with E-state index in [0.717, 1.165) is 10.4 Å². The number of nitrogens with zero attached hydrogens (tertiary/aromatic N) is 1. The van der Waals surface area contributed by atoms with Crippen molar-refractivity contribution in [1.82, 2.24) is 4.31 Å². The third-order valence-corrected chi connectivity index (χ3v) is 5.29. The Labute approximate surface area is 115 Å². The Morgan fingerprint density at radius 3 is 2.67 bits per heavy atom. The number of aliphatic hydroxyl groups excluding tert-OH is 1. The van der Waals surface area contributed by atoms with Crippen molar-refractivity contribution in [1.29, 1.82) is 0 Å². The van der Waals surface area contributed by atoms with Gasteiger partial charge in [0.25, 0.3) is 0 Å². The van der Waals surface area contributed by atoms with Gasteiger partial charge in [-0.25, -0.2) is 17.1 Å². The first-order valence-electron chi connectivity index (χ1n) is 5.34. The lowest BCUT2D eigenvalue weighted by atomic mass is 10.3. The van der Waals surface area contributed by atoms with Crippen LogP contribution in [0.15, 0.2) is 27.6 Å². The molecule has 1 atom stereocenters. The molecule has 0 fully saturated rings. The average Bonchev–Trinajstić information content (AvgIpc) is 2.28. The van der Waals surface area contributed by atoms with Gasteiger partial charge >= 0.3 is 0 Å². The molecule has 1 aromatic rings. The van der Waals surface area contributed by atoms with Gasteiger partial charge in [0, 0.05) is 18.1 Å². The van der Waals surface area contributed by atoms with Crippen LogP contribution in [-0.2, 0) is 10.0 Å². The van der Waals surface area contributed by atoms with Gasteiger partial charge in [-0.05, 0) is 47.5 Å². The SMILES string of the molecule is C[C@H](O)CCN(C)S(=O)(=O)c1cc(F)ccc1Br. The highest BCUT2D eigenvalue weighted by atomic mass is 79.9. The smallest absolute Gasteiger partial charge is 0.244 e. The minimum absolute atomic E-state index is 0.115. The second-order valence-corrected chi connectivity index (χ2v) is 6.91. The van der Waals surface area contributed by atoms with Gasteiger partial charge in [-0.2, -0.15) is 0 Å². The molecule has 0 aliphatic heterocycles. The van der Waals surface area contributed by atoms with Crippen molar-refractivity contribution < 1.29 is 17.9 Å². The molecule has 0 spiro atoms. The van der Waals surface area contributed by atoms with E-state index in [-0.39, 0.29) is 11.4 Å². The van der Waals surface area contributed by atoms with Crippen LogP contribution in [0.5, 0.6) is 0 Å². The van der Waals surface area contributed by atoms with Crippen LogP contribution in [0.3, 0.4) is 0 Å². The van der Waals surface area contributed by atoms with Gasteiger partial charge in [0.2, 0.25) is 10.0 Å². The fraction of sp³-hybridized carbons (Fsp3) is 0.455. The van der Waals surface area contributed by atoms with Crippen LogP contribution in [0.4, 0.5) is 4.39 Å². The molecular formula is C11H15BrFNO3S. The fourth-order valence-corrected chi connectivity index (χ4v) is 3.45. The Morgan fingerprint density at radius 1 is 1.50 bits per heavy atom. The summed E-state index contributed by atoms with van der Waals surface area (Å²) in [6.45, 7) is 1.75. The molecule has 7 heteroatoms. The maximum atomic E-state index is 13.1. The van der Waals surface area contributed by atoms with Crippen molar-refractivity contribution in [3.63, 3.8) is 0 Å². The molecule has 1 N–H and O–H groups in total. The maximum Gasteiger partial charge on any atom is 0.244 e. The van der Waals surface area contributed by atoms with E-state index in [1.54, 1.807) is 6.92 Å². The largest absolute Gasteiger partial charge is 0.393 e. The van der Waals surface area contributed by atoms with Crippen molar-refractivity contribution >= 4 is 26.0 Å². The lowest BCUT2D eigenvalue weighted by Crippen LogP contribution is -2.29. The molecular weight excluding hydrogens is 325 g/mol. The van der Waals surface area contributed by atoms with Gasteiger partial charge in [-0.3, -0.25) is 0 Å². The van der Waals surface area contributed by atoms with E-state index < -0.39 is 21.9 Å². The van der Waals surface area contributed by atoms with E-state index in [9.17, 15) is 12.8 Å². The molecule has 1 aromatic carbocycles. The molecule has 0 bridgehead atoms. The van der Waals surface area contributed by atoms with Gasteiger partial charge in [-0.1, -0.05) is 0 Å². The second-order valence-electron chi connectivity index (χ2n) is 4.04. The number of sulfonamides is 1. The summed E-state index contributed by atoms with van der Waals surface area (Å²) < 4.78 is 38.9. The van der Waals surface area contributed by atoms with Gasteiger partial charge in [0.15, 0.2) is 0 Å². The van der Waals surface area contributed by atoms with Crippen LogP contribution in [0, 0.1) is 5.82 Å². The first-order chi connectivity index (χ1) is 8.25. The number of aliphatic hydroxyl groups is 1. The number of hydrogen-bond donors (Lipinski definition) is 1. The lowest BCUT2D eigenvalue weighted by Gasteiger charge is -2.18. The quantitative estimate of drug-likeness (QED) is 0.892. The van der Waals surface area contributed by atoms with E-state index in [0.29, 0.717) is 10.9 Å². The summed E-state index contributed by atoms with van der Waals surface area (Å²) in [5.41, 5.74) is 0. The van der Waals surface area contributed by atoms with Crippen LogP contribution in [0.1, 0.15) is 13.3 Å². The monoisotopic (exact) mass is 339 g/mol. The molecule has 18 heavy (non-hydrogen) atoms. The third kappa shape index (κ3) is 3.74. The highest BCUT2D eigenvalue weighted by molar-refractivity contribution is 9.10. The van der Waals surface area contributed by atoms with Crippen molar-refractivity contribution in [2.24, 2.45) is 0 Å². The Hall–Kier alpha value is -0.500. The summed E-state index contributed by atoms with van der Waals surface area (Å²) in [7, 11) is -2.35. The summed E-state index contributed by atoms with van der Waals surface area (Å²) in [5.74, 6) is -0.610. The van der Waals surface area contributed by atoms with Gasteiger partial charge in [0.05, 0.1) is 11.0 Å². The predicted octanol–water partition coefficient (Wildman–Crippen LogP) is 1.98. The van der Waals surface area contributed by atoms with Gasteiger partial charge < -0.3 is 5.11 Å². The summed E-state index contributed by atoms with van der Waals surface area (Å²) in [6.07, 6.45) is -0.263. The molecule has 102 valence electrons. The molecule has 0 aliphatic rings. The number of hydrogen-bond acceptors (Lipinski definition) is 3. The zero-order valence-electron chi connectivity index (χ0n) is 10.1. The zero-order valence-corrected chi connectivity index (χ0v) is 12.5. The fourth-order valence-electron chi connectivity index (χ4n) is 1.33. The van der Waals surface area contributed by atoms with E-state index in [1.807, 2.05) is 0 Å². The first kappa shape index (κ1) is 15.6. The Balaban J connectivity index is 3.02. The van der Waals surface area contributed by atoms with Crippen molar-refractivity contribution in [3.8, 4) is 0 Å². The molecule has 1 rings (SSSR count). The highest BCUT2D eigenvalue weighted by Crippen LogP contribution is 2.25. The third-order valence-electron chi connectivity index (χ3n) is 2.44. The van der Waals surface area contributed by atoms with E-state index in [1.165, 1.54) is 19.2 Å². The van der Waals surface area contributed by atoms with Crippen LogP contribution < -0.4 is 0 Å². The molecule has 0 aromatic heterocycles. The molecule has 0 unspecified atom stereocenters. The summed E-state index contributed by atoms with van der Waals surface area (Å²) >= 11 is 3.09. The standard InChI is InChI=1S/C11H15BrFNO3S/c1-8(15)5-6-14(2)18(16,17)11-7-9(13)3-4-10(11)12/h3-4,7-8,15H,5-6H2,1-2H3/t8-/m0/s1. The summed E-state index contributed by atoms with van der Waals surface area (Å²) in [6, 6.07) is 3.50. The zero-order chi connectivity index (χ0) is 13.9.